The predicted octanol–water partition coefficient (Wildman–Crippen LogP) is 4.82. The van der Waals surface area contributed by atoms with Crippen LogP contribution in [-0.2, 0) is 6.42 Å². The molecule has 1 aromatic rings. The van der Waals surface area contributed by atoms with Crippen molar-refractivity contribution in [2.75, 3.05) is 6.54 Å². The summed E-state index contributed by atoms with van der Waals surface area (Å²) in [5.74, 6) is 2.22. The molecule has 21 heavy (non-hydrogen) atoms. The van der Waals surface area contributed by atoms with Crippen molar-refractivity contribution in [1.29, 1.82) is 0 Å². The molecule has 0 aliphatic heterocycles. The van der Waals surface area contributed by atoms with Crippen molar-refractivity contribution in [2.24, 2.45) is 17.6 Å². The van der Waals surface area contributed by atoms with Crippen LogP contribution in [0.5, 0.6) is 5.75 Å². The highest BCUT2D eigenvalue weighted by Gasteiger charge is 2.30. The number of nitrogens with two attached hydrogens (primary N) is 1. The van der Waals surface area contributed by atoms with Gasteiger partial charge in [0.05, 0.1) is 0 Å². The summed E-state index contributed by atoms with van der Waals surface area (Å²) in [5, 5.41) is 0.827. The maximum atomic E-state index is 6.29. The molecule has 2 rings (SSSR count). The minimum Gasteiger partial charge on any atom is -0.490 e. The van der Waals surface area contributed by atoms with E-state index >= 15 is 0 Å². The van der Waals surface area contributed by atoms with Gasteiger partial charge in [-0.15, -0.1) is 0 Å². The zero-order valence-electron chi connectivity index (χ0n) is 13.3. The minimum atomic E-state index is 0.256. The zero-order valence-corrected chi connectivity index (χ0v) is 14.0. The van der Waals surface area contributed by atoms with E-state index in [1.165, 1.54) is 25.7 Å². The second-order valence-corrected chi connectivity index (χ2v) is 6.63. The van der Waals surface area contributed by atoms with Gasteiger partial charge in [0.25, 0.3) is 0 Å². The standard InChI is InChI=1S/C18H28ClNO/c1-3-5-13-6-7-15(12-20)18(10-13)21-16-8-9-17(19)14(4-2)11-16/h8-9,11,13,15,18H,3-7,10,12,20H2,1-2H3. The van der Waals surface area contributed by atoms with E-state index in [1.807, 2.05) is 12.1 Å². The normalized spacial score (nSPS) is 25.8. The van der Waals surface area contributed by atoms with E-state index < -0.39 is 0 Å². The maximum absolute atomic E-state index is 6.29. The molecule has 0 heterocycles. The molecule has 0 spiro atoms. The first-order valence-electron chi connectivity index (χ1n) is 8.33. The van der Waals surface area contributed by atoms with E-state index in [0.717, 1.165) is 41.6 Å². The molecule has 0 saturated heterocycles. The Morgan fingerprint density at radius 3 is 2.76 bits per heavy atom. The number of hydrogen-bond donors (Lipinski definition) is 1. The molecule has 0 bridgehead atoms. The van der Waals surface area contributed by atoms with Gasteiger partial charge in [0, 0.05) is 10.9 Å². The molecular weight excluding hydrogens is 282 g/mol. The summed E-state index contributed by atoms with van der Waals surface area (Å²) in [7, 11) is 0. The monoisotopic (exact) mass is 309 g/mol. The fraction of sp³-hybridized carbons (Fsp3) is 0.667. The van der Waals surface area contributed by atoms with Crippen LogP contribution in [-0.4, -0.2) is 12.6 Å². The highest BCUT2D eigenvalue weighted by atomic mass is 35.5. The highest BCUT2D eigenvalue weighted by Crippen LogP contribution is 2.34. The lowest BCUT2D eigenvalue weighted by Gasteiger charge is -2.35. The van der Waals surface area contributed by atoms with Crippen LogP contribution in [0.2, 0.25) is 5.02 Å². The summed E-state index contributed by atoms with van der Waals surface area (Å²) < 4.78 is 6.29. The van der Waals surface area contributed by atoms with Gasteiger partial charge in [-0.25, -0.2) is 0 Å². The molecule has 0 amide bonds. The van der Waals surface area contributed by atoms with E-state index in [2.05, 4.69) is 19.9 Å². The molecule has 2 nitrogen and oxygen atoms in total. The van der Waals surface area contributed by atoms with Gasteiger partial charge in [0.2, 0.25) is 0 Å². The first kappa shape index (κ1) is 16.6. The lowest BCUT2D eigenvalue weighted by molar-refractivity contribution is 0.0668. The van der Waals surface area contributed by atoms with Gasteiger partial charge in [0.1, 0.15) is 11.9 Å². The lowest BCUT2D eigenvalue weighted by Crippen LogP contribution is -2.38. The second-order valence-electron chi connectivity index (χ2n) is 6.23. The topological polar surface area (TPSA) is 35.2 Å². The van der Waals surface area contributed by atoms with Crippen molar-refractivity contribution in [2.45, 2.75) is 58.5 Å². The second kappa shape index (κ2) is 8.05. The number of benzene rings is 1. The van der Waals surface area contributed by atoms with E-state index in [1.54, 1.807) is 0 Å². The van der Waals surface area contributed by atoms with Crippen molar-refractivity contribution in [1.82, 2.24) is 0 Å². The molecule has 1 aromatic carbocycles. The molecule has 2 N–H and O–H groups in total. The van der Waals surface area contributed by atoms with Gasteiger partial charge in [0.15, 0.2) is 0 Å². The fourth-order valence-electron chi connectivity index (χ4n) is 3.43. The zero-order chi connectivity index (χ0) is 15.2. The highest BCUT2D eigenvalue weighted by molar-refractivity contribution is 6.31. The van der Waals surface area contributed by atoms with Crippen LogP contribution in [0.3, 0.4) is 0 Å². The summed E-state index contributed by atoms with van der Waals surface area (Å²) in [6, 6.07) is 6.01. The lowest BCUT2D eigenvalue weighted by atomic mass is 9.78. The van der Waals surface area contributed by atoms with Crippen LogP contribution >= 0.6 is 11.6 Å². The van der Waals surface area contributed by atoms with Crippen molar-refractivity contribution >= 4 is 11.6 Å². The third kappa shape index (κ3) is 4.37. The number of hydrogen-bond acceptors (Lipinski definition) is 2. The average molecular weight is 310 g/mol. The minimum absolute atomic E-state index is 0.256. The smallest absolute Gasteiger partial charge is 0.120 e. The Labute approximate surface area is 134 Å². The third-order valence-corrected chi connectivity index (χ3v) is 5.09. The molecule has 1 saturated carbocycles. The van der Waals surface area contributed by atoms with Gasteiger partial charge >= 0.3 is 0 Å². The maximum Gasteiger partial charge on any atom is 0.120 e. The molecule has 0 radical (unpaired) electrons. The molecule has 3 unspecified atom stereocenters. The Balaban J connectivity index is 2.07. The summed E-state index contributed by atoms with van der Waals surface area (Å²) >= 11 is 6.18. The summed E-state index contributed by atoms with van der Waals surface area (Å²) in [4.78, 5) is 0. The Morgan fingerprint density at radius 1 is 1.29 bits per heavy atom. The first-order valence-corrected chi connectivity index (χ1v) is 8.70. The molecule has 1 fully saturated rings. The van der Waals surface area contributed by atoms with Gasteiger partial charge in [-0.3, -0.25) is 0 Å². The van der Waals surface area contributed by atoms with Crippen LogP contribution in [0.1, 0.15) is 51.5 Å². The van der Waals surface area contributed by atoms with Gasteiger partial charge in [-0.2, -0.15) is 0 Å². The largest absolute Gasteiger partial charge is 0.490 e. The quantitative estimate of drug-likeness (QED) is 0.817. The SMILES string of the molecule is CCCC1CCC(CN)C(Oc2ccc(Cl)c(CC)c2)C1. The predicted molar refractivity (Wildman–Crippen MR) is 90.0 cm³/mol. The molecule has 1 aliphatic carbocycles. The van der Waals surface area contributed by atoms with Crippen molar-refractivity contribution in [3.63, 3.8) is 0 Å². The Bertz CT molecular complexity index is 449. The fourth-order valence-corrected chi connectivity index (χ4v) is 3.68. The summed E-state index contributed by atoms with van der Waals surface area (Å²) in [6.07, 6.45) is 7.38. The molecule has 3 heteroatoms. The first-order chi connectivity index (χ1) is 10.2. The average Bonchev–Trinajstić information content (AvgIpc) is 2.50. The van der Waals surface area contributed by atoms with Crippen LogP contribution in [0, 0.1) is 11.8 Å². The molecular formula is C18H28ClNO. The Kier molecular flexibility index (Phi) is 6.38. The molecule has 3 atom stereocenters. The Hall–Kier alpha value is -0.730. The van der Waals surface area contributed by atoms with Crippen molar-refractivity contribution in [3.05, 3.63) is 28.8 Å². The van der Waals surface area contributed by atoms with Gasteiger partial charge in [-0.05, 0) is 61.9 Å². The van der Waals surface area contributed by atoms with Crippen LogP contribution in [0.4, 0.5) is 0 Å². The Morgan fingerprint density at radius 2 is 2.10 bits per heavy atom. The van der Waals surface area contributed by atoms with Gasteiger partial charge in [-0.1, -0.05) is 38.3 Å². The van der Waals surface area contributed by atoms with E-state index in [4.69, 9.17) is 22.1 Å². The number of halogens is 1. The van der Waals surface area contributed by atoms with Gasteiger partial charge < -0.3 is 10.5 Å². The van der Waals surface area contributed by atoms with Crippen molar-refractivity contribution < 1.29 is 4.74 Å². The van der Waals surface area contributed by atoms with Crippen LogP contribution in [0.25, 0.3) is 0 Å². The van der Waals surface area contributed by atoms with Crippen molar-refractivity contribution in [3.8, 4) is 5.75 Å². The van der Waals surface area contributed by atoms with E-state index in [-0.39, 0.29) is 6.10 Å². The van der Waals surface area contributed by atoms with E-state index in [9.17, 15) is 0 Å². The molecule has 0 aromatic heterocycles. The van der Waals surface area contributed by atoms with E-state index in [0.29, 0.717) is 5.92 Å². The van der Waals surface area contributed by atoms with Crippen LogP contribution < -0.4 is 10.5 Å². The summed E-state index contributed by atoms with van der Waals surface area (Å²) in [6.45, 7) is 5.10. The third-order valence-electron chi connectivity index (χ3n) is 4.72. The summed E-state index contributed by atoms with van der Waals surface area (Å²) in [5.41, 5.74) is 7.10. The number of ether oxygens (including phenoxy) is 1. The molecule has 118 valence electrons. The number of aryl methyl sites for hydroxylation is 1. The number of rotatable bonds is 6. The molecule has 1 aliphatic rings. The van der Waals surface area contributed by atoms with Crippen LogP contribution in [0.15, 0.2) is 18.2 Å².